The van der Waals surface area contributed by atoms with E-state index >= 15 is 0 Å². The van der Waals surface area contributed by atoms with Gasteiger partial charge in [0, 0.05) is 17.1 Å². The molecule has 3 aromatic rings. The number of nitrogens with one attached hydrogen (secondary N) is 1. The molecule has 0 aliphatic rings. The van der Waals surface area contributed by atoms with Crippen molar-refractivity contribution in [3.63, 3.8) is 0 Å². The van der Waals surface area contributed by atoms with Crippen LogP contribution in [0.15, 0.2) is 60.8 Å². The standard InChI is InChI=1S/C16H11FN2O/c17-13-8-4-7-12-14(9-10-18-15(12)13)19-16(20)11-5-2-1-3-6-11/h1-10H,(H,18,19,20). The molecule has 0 saturated heterocycles. The van der Waals surface area contributed by atoms with Gasteiger partial charge in [-0.1, -0.05) is 30.3 Å². The fourth-order valence-electron chi connectivity index (χ4n) is 2.03. The second-order valence-electron chi connectivity index (χ2n) is 4.31. The Morgan fingerprint density at radius 1 is 1.00 bits per heavy atom. The molecular formula is C16H11FN2O. The van der Waals surface area contributed by atoms with E-state index in [1.165, 1.54) is 12.3 Å². The maximum atomic E-state index is 13.7. The number of benzene rings is 2. The zero-order valence-corrected chi connectivity index (χ0v) is 10.5. The summed E-state index contributed by atoms with van der Waals surface area (Å²) in [6, 6.07) is 15.2. The van der Waals surface area contributed by atoms with Gasteiger partial charge >= 0.3 is 0 Å². The highest BCUT2D eigenvalue weighted by atomic mass is 19.1. The van der Waals surface area contributed by atoms with Crippen molar-refractivity contribution in [3.8, 4) is 0 Å². The molecule has 0 aliphatic carbocycles. The molecule has 20 heavy (non-hydrogen) atoms. The van der Waals surface area contributed by atoms with Crippen LogP contribution in [0.3, 0.4) is 0 Å². The number of amides is 1. The molecule has 1 aromatic heterocycles. The molecule has 98 valence electrons. The normalized spacial score (nSPS) is 10.4. The van der Waals surface area contributed by atoms with E-state index in [0.717, 1.165) is 0 Å². The van der Waals surface area contributed by atoms with Crippen molar-refractivity contribution in [2.75, 3.05) is 5.32 Å². The average Bonchev–Trinajstić information content (AvgIpc) is 2.49. The zero-order chi connectivity index (χ0) is 13.9. The minimum atomic E-state index is -0.404. The molecule has 3 rings (SSSR count). The van der Waals surface area contributed by atoms with Crippen molar-refractivity contribution < 1.29 is 9.18 Å². The molecule has 0 atom stereocenters. The highest BCUT2D eigenvalue weighted by Gasteiger charge is 2.09. The monoisotopic (exact) mass is 266 g/mol. The SMILES string of the molecule is O=C(Nc1ccnc2c(F)cccc12)c1ccccc1. The maximum Gasteiger partial charge on any atom is 0.255 e. The molecule has 4 heteroatoms. The van der Waals surface area contributed by atoms with Crippen LogP contribution in [0.25, 0.3) is 10.9 Å². The molecule has 3 nitrogen and oxygen atoms in total. The number of hydrogen-bond acceptors (Lipinski definition) is 2. The molecule has 1 N–H and O–H groups in total. The van der Waals surface area contributed by atoms with Crippen LogP contribution in [-0.4, -0.2) is 10.9 Å². The Labute approximate surface area is 115 Å². The Hall–Kier alpha value is -2.75. The minimum Gasteiger partial charge on any atom is -0.321 e. The topological polar surface area (TPSA) is 42.0 Å². The van der Waals surface area contributed by atoms with Crippen LogP contribution >= 0.6 is 0 Å². The van der Waals surface area contributed by atoms with E-state index in [2.05, 4.69) is 10.3 Å². The number of aromatic nitrogens is 1. The third-order valence-electron chi connectivity index (χ3n) is 3.01. The second-order valence-corrected chi connectivity index (χ2v) is 4.31. The molecule has 0 saturated carbocycles. The second kappa shape index (κ2) is 5.09. The number of nitrogens with zero attached hydrogens (tertiary/aromatic N) is 1. The third-order valence-corrected chi connectivity index (χ3v) is 3.01. The van der Waals surface area contributed by atoms with Crippen LogP contribution < -0.4 is 5.32 Å². The predicted molar refractivity (Wildman–Crippen MR) is 76.1 cm³/mol. The lowest BCUT2D eigenvalue weighted by Crippen LogP contribution is -2.12. The van der Waals surface area contributed by atoms with Crippen molar-refractivity contribution in [3.05, 3.63) is 72.2 Å². The van der Waals surface area contributed by atoms with Crippen molar-refractivity contribution >= 4 is 22.5 Å². The van der Waals surface area contributed by atoms with Crippen LogP contribution in [0.5, 0.6) is 0 Å². The van der Waals surface area contributed by atoms with Crippen LogP contribution in [-0.2, 0) is 0 Å². The van der Waals surface area contributed by atoms with Crippen LogP contribution in [0.4, 0.5) is 10.1 Å². The Balaban J connectivity index is 2.00. The molecule has 1 amide bonds. The first-order chi connectivity index (χ1) is 9.75. The number of pyridine rings is 1. The first kappa shape index (κ1) is 12.3. The largest absolute Gasteiger partial charge is 0.321 e. The molecule has 0 radical (unpaired) electrons. The Bertz CT molecular complexity index is 772. The summed E-state index contributed by atoms with van der Waals surface area (Å²) >= 11 is 0. The fraction of sp³-hybridized carbons (Fsp3) is 0. The molecular weight excluding hydrogens is 255 g/mol. The van der Waals surface area contributed by atoms with Gasteiger partial charge in [0.05, 0.1) is 5.69 Å². The summed E-state index contributed by atoms with van der Waals surface area (Å²) in [6.45, 7) is 0. The molecule has 0 unspecified atom stereocenters. The highest BCUT2D eigenvalue weighted by molar-refractivity contribution is 6.08. The molecule has 0 spiro atoms. The number of anilines is 1. The molecule has 0 aliphatic heterocycles. The van der Waals surface area contributed by atoms with E-state index in [0.29, 0.717) is 16.6 Å². The lowest BCUT2D eigenvalue weighted by atomic mass is 10.1. The van der Waals surface area contributed by atoms with Gasteiger partial charge in [-0.2, -0.15) is 0 Å². The fourth-order valence-corrected chi connectivity index (χ4v) is 2.03. The quantitative estimate of drug-likeness (QED) is 0.769. The number of carbonyl (C=O) groups is 1. The third kappa shape index (κ3) is 2.23. The van der Waals surface area contributed by atoms with Gasteiger partial charge in [0.1, 0.15) is 11.3 Å². The Morgan fingerprint density at radius 3 is 2.60 bits per heavy atom. The lowest BCUT2D eigenvalue weighted by molar-refractivity contribution is 0.102. The van der Waals surface area contributed by atoms with E-state index < -0.39 is 5.82 Å². The van der Waals surface area contributed by atoms with Crippen LogP contribution in [0.1, 0.15) is 10.4 Å². The first-order valence-corrected chi connectivity index (χ1v) is 6.15. The van der Waals surface area contributed by atoms with E-state index in [1.54, 1.807) is 42.5 Å². The number of carbonyl (C=O) groups excluding carboxylic acids is 1. The maximum absolute atomic E-state index is 13.7. The van der Waals surface area contributed by atoms with Crippen LogP contribution in [0, 0.1) is 5.82 Å². The molecule has 1 heterocycles. The number of fused-ring (bicyclic) bond motifs is 1. The highest BCUT2D eigenvalue weighted by Crippen LogP contribution is 2.23. The van der Waals surface area contributed by atoms with Crippen molar-refractivity contribution in [1.82, 2.24) is 4.98 Å². The summed E-state index contributed by atoms with van der Waals surface area (Å²) in [5.74, 6) is -0.638. The van der Waals surface area contributed by atoms with E-state index in [4.69, 9.17) is 0 Å². The van der Waals surface area contributed by atoms with Crippen molar-refractivity contribution in [1.29, 1.82) is 0 Å². The lowest BCUT2D eigenvalue weighted by Gasteiger charge is -2.08. The summed E-state index contributed by atoms with van der Waals surface area (Å²) in [6.07, 6.45) is 1.48. The zero-order valence-electron chi connectivity index (χ0n) is 10.5. The van der Waals surface area contributed by atoms with E-state index in [1.807, 2.05) is 6.07 Å². The van der Waals surface area contributed by atoms with Crippen molar-refractivity contribution in [2.24, 2.45) is 0 Å². The van der Waals surface area contributed by atoms with E-state index in [-0.39, 0.29) is 11.4 Å². The van der Waals surface area contributed by atoms with Gasteiger partial charge in [-0.3, -0.25) is 9.78 Å². The van der Waals surface area contributed by atoms with Gasteiger partial charge in [0.25, 0.3) is 5.91 Å². The molecule has 2 aromatic carbocycles. The Kier molecular flexibility index (Phi) is 3.13. The number of para-hydroxylation sites is 1. The summed E-state index contributed by atoms with van der Waals surface area (Å²) in [4.78, 5) is 16.1. The number of rotatable bonds is 2. The van der Waals surface area contributed by atoms with Gasteiger partial charge < -0.3 is 5.32 Å². The number of halogens is 1. The summed E-state index contributed by atoms with van der Waals surface area (Å²) in [5.41, 5.74) is 1.34. The summed E-state index contributed by atoms with van der Waals surface area (Å²) in [7, 11) is 0. The minimum absolute atomic E-state index is 0.234. The van der Waals surface area contributed by atoms with Gasteiger partial charge in [0.15, 0.2) is 0 Å². The summed E-state index contributed by atoms with van der Waals surface area (Å²) < 4.78 is 13.7. The van der Waals surface area contributed by atoms with E-state index in [9.17, 15) is 9.18 Å². The van der Waals surface area contributed by atoms with Crippen molar-refractivity contribution in [2.45, 2.75) is 0 Å². The van der Waals surface area contributed by atoms with Crippen LogP contribution in [0.2, 0.25) is 0 Å². The van der Waals surface area contributed by atoms with Gasteiger partial charge in [-0.05, 0) is 24.3 Å². The number of hydrogen-bond donors (Lipinski definition) is 1. The molecule has 0 fully saturated rings. The Morgan fingerprint density at radius 2 is 1.80 bits per heavy atom. The average molecular weight is 266 g/mol. The van der Waals surface area contributed by atoms with Gasteiger partial charge in [0.2, 0.25) is 0 Å². The molecule has 0 bridgehead atoms. The first-order valence-electron chi connectivity index (χ1n) is 6.15. The van der Waals surface area contributed by atoms with Gasteiger partial charge in [-0.25, -0.2) is 4.39 Å². The smallest absolute Gasteiger partial charge is 0.255 e. The van der Waals surface area contributed by atoms with Gasteiger partial charge in [-0.15, -0.1) is 0 Å². The summed E-state index contributed by atoms with van der Waals surface area (Å²) in [5, 5.41) is 3.36. The predicted octanol–water partition coefficient (Wildman–Crippen LogP) is 3.63.